The molecule has 2 aromatic rings. The van der Waals surface area contributed by atoms with E-state index in [0.29, 0.717) is 17.7 Å². The highest BCUT2D eigenvalue weighted by Crippen LogP contribution is 2.31. The van der Waals surface area contributed by atoms with E-state index in [4.69, 9.17) is 0 Å². The van der Waals surface area contributed by atoms with E-state index in [1.807, 2.05) is 5.51 Å². The van der Waals surface area contributed by atoms with Gasteiger partial charge in [-0.15, -0.1) is 11.3 Å². The van der Waals surface area contributed by atoms with Crippen LogP contribution < -0.4 is 0 Å². The van der Waals surface area contributed by atoms with Crippen molar-refractivity contribution < 1.29 is 4.79 Å². The number of carbonyl (C=O) groups is 1. The topological polar surface area (TPSA) is 65.1 Å². The third kappa shape index (κ3) is 2.79. The van der Waals surface area contributed by atoms with Crippen LogP contribution in [0.3, 0.4) is 0 Å². The molecule has 2 bridgehead atoms. The van der Waals surface area contributed by atoms with Gasteiger partial charge in [0.25, 0.3) is 5.91 Å². The molecular weight excluding hydrogens is 334 g/mol. The first-order chi connectivity index (χ1) is 12.3. The normalized spacial score (nSPS) is 26.0. The highest BCUT2D eigenvalue weighted by Gasteiger charge is 2.39. The van der Waals surface area contributed by atoms with E-state index in [1.165, 1.54) is 17.7 Å². The second-order valence-corrected chi connectivity index (χ2v) is 8.33. The van der Waals surface area contributed by atoms with Gasteiger partial charge in [0.1, 0.15) is 0 Å². The van der Waals surface area contributed by atoms with E-state index in [1.54, 1.807) is 11.3 Å². The van der Waals surface area contributed by atoms with Crippen LogP contribution >= 0.6 is 11.3 Å². The average molecular weight is 357 g/mol. The van der Waals surface area contributed by atoms with Crippen molar-refractivity contribution in [1.29, 1.82) is 0 Å². The molecule has 0 saturated carbocycles. The zero-order valence-electron chi connectivity index (χ0n) is 14.3. The van der Waals surface area contributed by atoms with Crippen LogP contribution in [-0.4, -0.2) is 56.6 Å². The number of amides is 1. The molecule has 0 unspecified atom stereocenters. The number of fused-ring (bicyclic) bond motifs is 5. The minimum Gasteiger partial charge on any atom is -0.333 e. The van der Waals surface area contributed by atoms with Gasteiger partial charge in [-0.3, -0.25) is 14.8 Å². The molecule has 25 heavy (non-hydrogen) atoms. The van der Waals surface area contributed by atoms with Crippen LogP contribution in [0.5, 0.6) is 0 Å². The second-order valence-electron chi connectivity index (χ2n) is 7.61. The molecule has 2 aromatic heterocycles. The molecule has 3 aliphatic heterocycles. The highest BCUT2D eigenvalue weighted by molar-refractivity contribution is 7.07. The summed E-state index contributed by atoms with van der Waals surface area (Å²) in [5.41, 5.74) is 6.08. The van der Waals surface area contributed by atoms with Crippen molar-refractivity contribution in [2.75, 3.05) is 19.6 Å². The number of carbonyl (C=O) groups excluding carboxylic acids is 1. The Labute approximate surface area is 151 Å². The van der Waals surface area contributed by atoms with E-state index >= 15 is 0 Å². The maximum Gasteiger partial charge on any atom is 0.274 e. The largest absolute Gasteiger partial charge is 0.333 e. The maximum atomic E-state index is 13.2. The molecule has 1 amide bonds. The SMILES string of the molecule is O=C(c1n[nH]c2c1CCC2)N1C[C@H]2CC[C@@H]1CN(Cc1cscn1)C2. The number of hydrogen-bond donors (Lipinski definition) is 1. The van der Waals surface area contributed by atoms with Crippen LogP contribution in [0.4, 0.5) is 0 Å². The first-order valence-corrected chi connectivity index (χ1v) is 10.2. The van der Waals surface area contributed by atoms with E-state index in [9.17, 15) is 4.79 Å². The first-order valence-electron chi connectivity index (χ1n) is 9.24. The summed E-state index contributed by atoms with van der Waals surface area (Å²) < 4.78 is 0. The molecule has 3 saturated heterocycles. The van der Waals surface area contributed by atoms with Gasteiger partial charge in [-0.2, -0.15) is 5.10 Å². The van der Waals surface area contributed by atoms with E-state index in [0.717, 1.165) is 57.6 Å². The van der Waals surface area contributed by atoms with Crippen LogP contribution in [0.25, 0.3) is 0 Å². The fourth-order valence-electron chi connectivity index (χ4n) is 4.73. The van der Waals surface area contributed by atoms with E-state index in [-0.39, 0.29) is 5.91 Å². The van der Waals surface area contributed by atoms with E-state index < -0.39 is 0 Å². The molecule has 3 fully saturated rings. The number of aromatic amines is 1. The zero-order valence-corrected chi connectivity index (χ0v) is 15.1. The lowest BCUT2D eigenvalue weighted by molar-refractivity contribution is 0.0577. The number of rotatable bonds is 3. The Morgan fingerprint density at radius 3 is 3.12 bits per heavy atom. The van der Waals surface area contributed by atoms with Crippen molar-refractivity contribution in [3.8, 4) is 0 Å². The lowest BCUT2D eigenvalue weighted by atomic mass is 9.94. The smallest absolute Gasteiger partial charge is 0.274 e. The number of thiazole rings is 1. The van der Waals surface area contributed by atoms with E-state index in [2.05, 4.69) is 30.4 Å². The van der Waals surface area contributed by atoms with Gasteiger partial charge in [0.2, 0.25) is 0 Å². The summed E-state index contributed by atoms with van der Waals surface area (Å²) in [6, 6.07) is 0.304. The van der Waals surface area contributed by atoms with Gasteiger partial charge in [0.15, 0.2) is 5.69 Å². The van der Waals surface area contributed by atoms with Crippen molar-refractivity contribution >= 4 is 17.2 Å². The summed E-state index contributed by atoms with van der Waals surface area (Å²) in [6.07, 6.45) is 5.49. The van der Waals surface area contributed by atoms with Gasteiger partial charge in [0.05, 0.1) is 11.2 Å². The monoisotopic (exact) mass is 357 g/mol. The molecule has 6 rings (SSSR count). The van der Waals surface area contributed by atoms with Crippen LogP contribution in [0.2, 0.25) is 0 Å². The van der Waals surface area contributed by atoms with Gasteiger partial charge >= 0.3 is 0 Å². The quantitative estimate of drug-likeness (QED) is 0.914. The Balaban J connectivity index is 1.35. The minimum absolute atomic E-state index is 0.143. The fraction of sp³-hybridized carbons (Fsp3) is 0.611. The molecule has 6 nitrogen and oxygen atoms in total. The molecule has 0 radical (unpaired) electrons. The number of nitrogens with zero attached hydrogens (tertiary/aromatic N) is 4. The van der Waals surface area contributed by atoms with Gasteiger partial charge in [0, 0.05) is 48.9 Å². The third-order valence-corrected chi connectivity index (χ3v) is 6.56. The van der Waals surface area contributed by atoms with Crippen LogP contribution in [0.1, 0.15) is 46.7 Å². The summed E-state index contributed by atoms with van der Waals surface area (Å²) >= 11 is 1.65. The lowest BCUT2D eigenvalue weighted by Gasteiger charge is -2.36. The van der Waals surface area contributed by atoms with Crippen molar-refractivity contribution in [2.45, 2.75) is 44.7 Å². The first kappa shape index (κ1) is 15.5. The van der Waals surface area contributed by atoms with Gasteiger partial charge in [-0.1, -0.05) is 0 Å². The number of piperidine rings is 1. The molecule has 1 aliphatic carbocycles. The van der Waals surface area contributed by atoms with Gasteiger partial charge in [-0.05, 0) is 38.0 Å². The number of aromatic nitrogens is 3. The Morgan fingerprint density at radius 2 is 2.24 bits per heavy atom. The summed E-state index contributed by atoms with van der Waals surface area (Å²) in [5, 5.41) is 9.59. The number of H-pyrrole nitrogens is 1. The Bertz CT molecular complexity index is 771. The summed E-state index contributed by atoms with van der Waals surface area (Å²) in [5.74, 6) is 0.706. The summed E-state index contributed by atoms with van der Waals surface area (Å²) in [4.78, 5) is 22.2. The standard InChI is InChI=1S/C18H23N5OS/c24-18(17-15-2-1-3-16(15)20-21-17)23-7-12-4-5-14(23)9-22(6-12)8-13-10-25-11-19-13/h10-12,14H,1-9H2,(H,20,21)/t12-,14+/m0/s1. The fourth-order valence-corrected chi connectivity index (χ4v) is 5.28. The zero-order chi connectivity index (χ0) is 16.8. The Kier molecular flexibility index (Phi) is 3.86. The van der Waals surface area contributed by atoms with Crippen molar-refractivity contribution in [3.05, 3.63) is 33.5 Å². The third-order valence-electron chi connectivity index (χ3n) is 5.93. The van der Waals surface area contributed by atoms with Crippen LogP contribution in [0.15, 0.2) is 10.9 Å². The Morgan fingerprint density at radius 1 is 1.28 bits per heavy atom. The molecule has 2 atom stereocenters. The average Bonchev–Trinajstić information content (AvgIpc) is 3.29. The van der Waals surface area contributed by atoms with Gasteiger partial charge < -0.3 is 4.90 Å². The van der Waals surface area contributed by atoms with Crippen LogP contribution in [-0.2, 0) is 19.4 Å². The molecule has 1 N–H and O–H groups in total. The predicted molar refractivity (Wildman–Crippen MR) is 95.6 cm³/mol. The number of hydrogen-bond acceptors (Lipinski definition) is 5. The molecule has 5 heterocycles. The molecule has 7 heteroatoms. The molecule has 4 aliphatic rings. The molecule has 0 spiro atoms. The summed E-state index contributed by atoms with van der Waals surface area (Å²) in [6.45, 7) is 3.79. The minimum atomic E-state index is 0.143. The molecule has 0 aromatic carbocycles. The molecular formula is C18H23N5OS. The van der Waals surface area contributed by atoms with Crippen molar-refractivity contribution in [2.24, 2.45) is 5.92 Å². The van der Waals surface area contributed by atoms with Crippen LogP contribution in [0, 0.1) is 5.92 Å². The van der Waals surface area contributed by atoms with Gasteiger partial charge in [-0.25, -0.2) is 4.98 Å². The van der Waals surface area contributed by atoms with Crippen molar-refractivity contribution in [1.82, 2.24) is 25.0 Å². The molecule has 132 valence electrons. The van der Waals surface area contributed by atoms with Crippen molar-refractivity contribution in [3.63, 3.8) is 0 Å². The number of nitrogens with one attached hydrogen (secondary N) is 1. The maximum absolute atomic E-state index is 13.2. The highest BCUT2D eigenvalue weighted by atomic mass is 32.1. The number of aryl methyl sites for hydroxylation is 1. The predicted octanol–water partition coefficient (Wildman–Crippen LogP) is 2.09. The summed E-state index contributed by atoms with van der Waals surface area (Å²) in [7, 11) is 0. The second kappa shape index (κ2) is 6.21. The Hall–Kier alpha value is -1.73. The lowest BCUT2D eigenvalue weighted by Crippen LogP contribution is -2.47.